The Balaban J connectivity index is 1.44. The lowest BCUT2D eigenvalue weighted by molar-refractivity contribution is -0.115. The molecule has 0 aromatic heterocycles. The number of amides is 1. The van der Waals surface area contributed by atoms with E-state index in [0.717, 1.165) is 28.6 Å². The summed E-state index contributed by atoms with van der Waals surface area (Å²) in [4.78, 5) is 12.1. The second-order valence-corrected chi connectivity index (χ2v) is 6.27. The lowest BCUT2D eigenvalue weighted by Crippen LogP contribution is -2.17. The second-order valence-electron chi connectivity index (χ2n) is 6.27. The monoisotopic (exact) mass is 356 g/mol. The largest absolute Gasteiger partial charge is 0.491 e. The van der Waals surface area contributed by atoms with Crippen LogP contribution in [0.1, 0.15) is 20.3 Å². The van der Waals surface area contributed by atoms with Crippen molar-refractivity contribution in [2.24, 2.45) is 0 Å². The Hall–Kier alpha value is -2.89. The summed E-state index contributed by atoms with van der Waals surface area (Å²) < 4.78 is 16.6. The zero-order chi connectivity index (χ0) is 18.4. The molecule has 0 radical (unpaired) electrons. The SMILES string of the molecule is CC(C)Oc1ccc(NC(=O)CCNc2ccc3c(c2)OCCO3)cc1. The minimum atomic E-state index is -0.0485. The third kappa shape index (κ3) is 5.05. The molecule has 1 amide bonds. The van der Waals surface area contributed by atoms with Gasteiger partial charge < -0.3 is 24.8 Å². The van der Waals surface area contributed by atoms with E-state index in [9.17, 15) is 4.79 Å². The summed E-state index contributed by atoms with van der Waals surface area (Å²) in [5.74, 6) is 2.23. The molecule has 0 saturated heterocycles. The molecular formula is C20H24N2O4. The molecule has 2 N–H and O–H groups in total. The van der Waals surface area contributed by atoms with Gasteiger partial charge in [0.25, 0.3) is 0 Å². The number of anilines is 2. The van der Waals surface area contributed by atoms with E-state index in [0.29, 0.717) is 26.2 Å². The zero-order valence-corrected chi connectivity index (χ0v) is 15.1. The van der Waals surface area contributed by atoms with Crippen molar-refractivity contribution in [2.45, 2.75) is 26.4 Å². The van der Waals surface area contributed by atoms with Crippen molar-refractivity contribution < 1.29 is 19.0 Å². The van der Waals surface area contributed by atoms with Crippen molar-refractivity contribution in [2.75, 3.05) is 30.4 Å². The van der Waals surface area contributed by atoms with Crippen LogP contribution in [-0.4, -0.2) is 31.8 Å². The van der Waals surface area contributed by atoms with E-state index in [4.69, 9.17) is 14.2 Å². The molecule has 0 saturated carbocycles. The molecular weight excluding hydrogens is 332 g/mol. The number of carbonyl (C=O) groups excluding carboxylic acids is 1. The van der Waals surface area contributed by atoms with Crippen molar-refractivity contribution in [1.82, 2.24) is 0 Å². The van der Waals surface area contributed by atoms with Crippen LogP contribution in [0.4, 0.5) is 11.4 Å². The van der Waals surface area contributed by atoms with Gasteiger partial charge in [-0.3, -0.25) is 4.79 Å². The van der Waals surface area contributed by atoms with Gasteiger partial charge in [0, 0.05) is 30.4 Å². The molecule has 0 bridgehead atoms. The zero-order valence-electron chi connectivity index (χ0n) is 15.1. The average Bonchev–Trinajstić information content (AvgIpc) is 2.63. The third-order valence-electron chi connectivity index (χ3n) is 3.73. The van der Waals surface area contributed by atoms with Crippen LogP contribution in [0.25, 0.3) is 0 Å². The molecule has 0 atom stereocenters. The van der Waals surface area contributed by atoms with E-state index in [1.165, 1.54) is 0 Å². The summed E-state index contributed by atoms with van der Waals surface area (Å²) >= 11 is 0. The fourth-order valence-corrected chi connectivity index (χ4v) is 2.59. The Kier molecular flexibility index (Phi) is 5.84. The van der Waals surface area contributed by atoms with E-state index >= 15 is 0 Å². The van der Waals surface area contributed by atoms with E-state index < -0.39 is 0 Å². The number of nitrogens with one attached hydrogen (secondary N) is 2. The minimum absolute atomic E-state index is 0.0485. The van der Waals surface area contributed by atoms with Gasteiger partial charge in [0.1, 0.15) is 19.0 Å². The maximum absolute atomic E-state index is 12.1. The maximum Gasteiger partial charge on any atom is 0.226 e. The van der Waals surface area contributed by atoms with Crippen molar-refractivity contribution in [3.05, 3.63) is 42.5 Å². The van der Waals surface area contributed by atoms with Crippen LogP contribution >= 0.6 is 0 Å². The van der Waals surface area contributed by atoms with Crippen LogP contribution in [0.2, 0.25) is 0 Å². The molecule has 0 spiro atoms. The fraction of sp³-hybridized carbons (Fsp3) is 0.350. The van der Waals surface area contributed by atoms with Gasteiger partial charge in [-0.25, -0.2) is 0 Å². The molecule has 0 fully saturated rings. The molecule has 1 aliphatic heterocycles. The Morgan fingerprint density at radius 1 is 1.04 bits per heavy atom. The second kappa shape index (κ2) is 8.47. The van der Waals surface area contributed by atoms with Crippen LogP contribution in [0.5, 0.6) is 17.2 Å². The van der Waals surface area contributed by atoms with Gasteiger partial charge >= 0.3 is 0 Å². The first-order valence-electron chi connectivity index (χ1n) is 8.80. The quantitative estimate of drug-likeness (QED) is 0.792. The van der Waals surface area contributed by atoms with E-state index in [2.05, 4.69) is 10.6 Å². The highest BCUT2D eigenvalue weighted by atomic mass is 16.6. The Bertz CT molecular complexity index is 744. The summed E-state index contributed by atoms with van der Waals surface area (Å²) in [5, 5.41) is 6.11. The predicted molar refractivity (Wildman–Crippen MR) is 101 cm³/mol. The van der Waals surface area contributed by atoms with Gasteiger partial charge in [0.2, 0.25) is 5.91 Å². The lowest BCUT2D eigenvalue weighted by atomic mass is 10.2. The lowest BCUT2D eigenvalue weighted by Gasteiger charge is -2.19. The maximum atomic E-state index is 12.1. The van der Waals surface area contributed by atoms with Crippen molar-refractivity contribution in [1.29, 1.82) is 0 Å². The molecule has 1 aliphatic rings. The van der Waals surface area contributed by atoms with Crippen LogP contribution in [0.3, 0.4) is 0 Å². The number of carbonyl (C=O) groups is 1. The van der Waals surface area contributed by atoms with E-state index in [1.54, 1.807) is 0 Å². The standard InChI is InChI=1S/C20H24N2O4/c1-14(2)26-17-6-3-15(4-7-17)22-20(23)9-10-21-16-5-8-18-19(13-16)25-12-11-24-18/h3-8,13-14,21H,9-12H2,1-2H3,(H,22,23). The Morgan fingerprint density at radius 3 is 2.46 bits per heavy atom. The average molecular weight is 356 g/mol. The summed E-state index contributed by atoms with van der Waals surface area (Å²) in [6.45, 7) is 5.61. The smallest absolute Gasteiger partial charge is 0.226 e. The predicted octanol–water partition coefficient (Wildman–Crippen LogP) is 3.69. The van der Waals surface area contributed by atoms with Gasteiger partial charge in [-0.15, -0.1) is 0 Å². The minimum Gasteiger partial charge on any atom is -0.491 e. The molecule has 3 rings (SSSR count). The van der Waals surface area contributed by atoms with Gasteiger partial charge in [0.05, 0.1) is 6.10 Å². The first-order valence-corrected chi connectivity index (χ1v) is 8.80. The van der Waals surface area contributed by atoms with Crippen LogP contribution in [0, 0.1) is 0 Å². The first-order chi connectivity index (χ1) is 12.6. The third-order valence-corrected chi connectivity index (χ3v) is 3.73. The van der Waals surface area contributed by atoms with Crippen LogP contribution in [-0.2, 0) is 4.79 Å². The molecule has 6 nitrogen and oxygen atoms in total. The van der Waals surface area contributed by atoms with Crippen LogP contribution in [0.15, 0.2) is 42.5 Å². The summed E-state index contributed by atoms with van der Waals surface area (Å²) in [5.41, 5.74) is 1.66. The number of fused-ring (bicyclic) bond motifs is 1. The van der Waals surface area contributed by atoms with Gasteiger partial charge in [-0.1, -0.05) is 0 Å². The van der Waals surface area contributed by atoms with Gasteiger partial charge in [-0.05, 0) is 50.2 Å². The molecule has 2 aromatic rings. The molecule has 0 unspecified atom stereocenters. The first kappa shape index (κ1) is 17.9. The topological polar surface area (TPSA) is 68.8 Å². The fourth-order valence-electron chi connectivity index (χ4n) is 2.59. The highest BCUT2D eigenvalue weighted by Crippen LogP contribution is 2.32. The number of rotatable bonds is 7. The number of benzene rings is 2. The Morgan fingerprint density at radius 2 is 1.73 bits per heavy atom. The highest BCUT2D eigenvalue weighted by Gasteiger charge is 2.11. The highest BCUT2D eigenvalue weighted by molar-refractivity contribution is 5.91. The normalized spacial score (nSPS) is 12.6. The van der Waals surface area contributed by atoms with Crippen LogP contribution < -0.4 is 24.8 Å². The summed E-state index contributed by atoms with van der Waals surface area (Å²) in [7, 11) is 0. The van der Waals surface area contributed by atoms with Gasteiger partial charge in [0.15, 0.2) is 11.5 Å². The molecule has 1 heterocycles. The number of hydrogen-bond acceptors (Lipinski definition) is 5. The van der Waals surface area contributed by atoms with Gasteiger partial charge in [-0.2, -0.15) is 0 Å². The summed E-state index contributed by atoms with van der Waals surface area (Å²) in [6.07, 6.45) is 0.487. The summed E-state index contributed by atoms with van der Waals surface area (Å²) in [6, 6.07) is 13.1. The molecule has 6 heteroatoms. The Labute approximate surface area is 153 Å². The van der Waals surface area contributed by atoms with E-state index in [1.807, 2.05) is 56.3 Å². The van der Waals surface area contributed by atoms with Crippen molar-refractivity contribution in [3.8, 4) is 17.2 Å². The number of hydrogen-bond donors (Lipinski definition) is 2. The molecule has 2 aromatic carbocycles. The molecule has 26 heavy (non-hydrogen) atoms. The van der Waals surface area contributed by atoms with Crippen molar-refractivity contribution >= 4 is 17.3 Å². The van der Waals surface area contributed by atoms with Crippen molar-refractivity contribution in [3.63, 3.8) is 0 Å². The number of ether oxygens (including phenoxy) is 3. The molecule has 138 valence electrons. The molecule has 0 aliphatic carbocycles. The van der Waals surface area contributed by atoms with E-state index in [-0.39, 0.29) is 12.0 Å².